The van der Waals surface area contributed by atoms with E-state index < -0.39 is 11.8 Å². The van der Waals surface area contributed by atoms with Gasteiger partial charge in [0.2, 0.25) is 0 Å². The van der Waals surface area contributed by atoms with E-state index in [4.69, 9.17) is 26.4 Å². The van der Waals surface area contributed by atoms with Gasteiger partial charge in [-0.05, 0) is 54.4 Å². The molecule has 2 amide bonds. The molecule has 0 spiro atoms. The summed E-state index contributed by atoms with van der Waals surface area (Å²) in [6, 6.07) is 12.7. The fourth-order valence-corrected chi connectivity index (χ4v) is 2.91. The Kier molecular flexibility index (Phi) is 9.90. The molecule has 0 radical (unpaired) electrons. The van der Waals surface area contributed by atoms with E-state index in [0.29, 0.717) is 30.3 Å². The summed E-state index contributed by atoms with van der Waals surface area (Å²) in [6.45, 7) is 6.57. The van der Waals surface area contributed by atoms with E-state index in [2.05, 4.69) is 30.0 Å². The highest BCUT2D eigenvalue weighted by Gasteiger charge is 2.14. The molecule has 0 aliphatic heterocycles. The molecule has 172 valence electrons. The van der Waals surface area contributed by atoms with E-state index in [1.807, 2.05) is 25.1 Å². The standard InChI is InChI=1S/C23H29N3O5S/c1-15(2)17-10-9-16(3)13-20(17)31-14-21(27)25-26-23(32)24-22(28)18-7-5-6-8-19(18)30-12-11-29-4/h5-10,13,15H,11-12,14H2,1-4H3,(H,25,27)(H2,24,26,28,32). The number of nitrogens with one attached hydrogen (secondary N) is 3. The maximum Gasteiger partial charge on any atom is 0.276 e. The van der Waals surface area contributed by atoms with Crippen LogP contribution in [0.2, 0.25) is 0 Å². The zero-order valence-electron chi connectivity index (χ0n) is 18.7. The summed E-state index contributed by atoms with van der Waals surface area (Å²) in [5.41, 5.74) is 7.28. The summed E-state index contributed by atoms with van der Waals surface area (Å²) in [6.07, 6.45) is 0. The number of aryl methyl sites for hydroxylation is 1. The summed E-state index contributed by atoms with van der Waals surface area (Å²) in [4.78, 5) is 24.7. The second-order valence-corrected chi connectivity index (χ2v) is 7.69. The third-order valence-corrected chi connectivity index (χ3v) is 4.57. The molecule has 0 unspecified atom stereocenters. The molecule has 0 saturated heterocycles. The zero-order valence-corrected chi connectivity index (χ0v) is 19.5. The van der Waals surface area contributed by atoms with E-state index in [-0.39, 0.29) is 17.6 Å². The lowest BCUT2D eigenvalue weighted by Crippen LogP contribution is -2.49. The van der Waals surface area contributed by atoms with Crippen molar-refractivity contribution in [2.45, 2.75) is 26.7 Å². The van der Waals surface area contributed by atoms with Crippen LogP contribution in [-0.4, -0.2) is 43.9 Å². The van der Waals surface area contributed by atoms with Crippen LogP contribution >= 0.6 is 12.2 Å². The minimum Gasteiger partial charge on any atom is -0.490 e. The smallest absolute Gasteiger partial charge is 0.276 e. The van der Waals surface area contributed by atoms with Gasteiger partial charge in [-0.3, -0.25) is 25.8 Å². The highest BCUT2D eigenvalue weighted by molar-refractivity contribution is 7.80. The highest BCUT2D eigenvalue weighted by Crippen LogP contribution is 2.27. The fourth-order valence-electron chi connectivity index (χ4n) is 2.77. The summed E-state index contributed by atoms with van der Waals surface area (Å²) in [5.74, 6) is 0.414. The van der Waals surface area contributed by atoms with Crippen molar-refractivity contribution in [1.82, 2.24) is 16.2 Å². The molecule has 0 aliphatic rings. The molecule has 3 N–H and O–H groups in total. The average Bonchev–Trinajstić information content (AvgIpc) is 2.76. The predicted octanol–water partition coefficient (Wildman–Crippen LogP) is 2.86. The van der Waals surface area contributed by atoms with Crippen LogP contribution in [-0.2, 0) is 9.53 Å². The molecule has 32 heavy (non-hydrogen) atoms. The van der Waals surface area contributed by atoms with Crippen LogP contribution in [0.1, 0.15) is 41.3 Å². The van der Waals surface area contributed by atoms with Gasteiger partial charge in [-0.1, -0.05) is 38.1 Å². The van der Waals surface area contributed by atoms with Crippen LogP contribution in [0.4, 0.5) is 0 Å². The third-order valence-electron chi connectivity index (χ3n) is 4.37. The number of hydrogen-bond donors (Lipinski definition) is 3. The van der Waals surface area contributed by atoms with Gasteiger partial charge in [0.25, 0.3) is 11.8 Å². The Hall–Kier alpha value is -3.17. The van der Waals surface area contributed by atoms with E-state index in [1.54, 1.807) is 31.4 Å². The summed E-state index contributed by atoms with van der Waals surface area (Å²) in [5, 5.41) is 2.44. The molecule has 0 heterocycles. The van der Waals surface area contributed by atoms with E-state index in [0.717, 1.165) is 11.1 Å². The minimum atomic E-state index is -0.470. The topological polar surface area (TPSA) is 97.9 Å². The fraction of sp³-hybridized carbons (Fsp3) is 0.348. The first kappa shape index (κ1) is 25.1. The Labute approximate surface area is 193 Å². The van der Waals surface area contributed by atoms with Crippen molar-refractivity contribution in [3.8, 4) is 11.5 Å². The molecular weight excluding hydrogens is 430 g/mol. The Bertz CT molecular complexity index is 949. The second-order valence-electron chi connectivity index (χ2n) is 7.28. The van der Waals surface area contributed by atoms with Crippen molar-refractivity contribution >= 4 is 29.1 Å². The van der Waals surface area contributed by atoms with Gasteiger partial charge in [0.15, 0.2) is 11.7 Å². The lowest BCUT2D eigenvalue weighted by Gasteiger charge is -2.16. The lowest BCUT2D eigenvalue weighted by atomic mass is 10.0. The molecule has 8 nitrogen and oxygen atoms in total. The van der Waals surface area contributed by atoms with Crippen molar-refractivity contribution in [3.05, 3.63) is 59.2 Å². The van der Waals surface area contributed by atoms with Gasteiger partial charge in [0, 0.05) is 7.11 Å². The average molecular weight is 460 g/mol. The van der Waals surface area contributed by atoms with E-state index >= 15 is 0 Å². The molecule has 2 aromatic carbocycles. The van der Waals surface area contributed by atoms with Crippen molar-refractivity contribution < 1.29 is 23.8 Å². The van der Waals surface area contributed by atoms with Crippen LogP contribution in [0.15, 0.2) is 42.5 Å². The van der Waals surface area contributed by atoms with E-state index in [9.17, 15) is 9.59 Å². The van der Waals surface area contributed by atoms with Gasteiger partial charge < -0.3 is 14.2 Å². The van der Waals surface area contributed by atoms with Gasteiger partial charge in [-0.15, -0.1) is 0 Å². The zero-order chi connectivity index (χ0) is 23.5. The molecule has 2 aromatic rings. The summed E-state index contributed by atoms with van der Waals surface area (Å²) >= 11 is 5.09. The number of rotatable bonds is 9. The quantitative estimate of drug-likeness (QED) is 0.301. The van der Waals surface area contributed by atoms with Crippen molar-refractivity contribution in [2.24, 2.45) is 0 Å². The van der Waals surface area contributed by atoms with Crippen LogP contribution in [0, 0.1) is 6.92 Å². The predicted molar refractivity (Wildman–Crippen MR) is 126 cm³/mol. The molecule has 0 saturated carbocycles. The largest absolute Gasteiger partial charge is 0.490 e. The first-order valence-corrected chi connectivity index (χ1v) is 10.6. The monoisotopic (exact) mass is 459 g/mol. The number of hydrazine groups is 1. The van der Waals surface area contributed by atoms with Gasteiger partial charge in [-0.2, -0.15) is 0 Å². The third kappa shape index (κ3) is 7.82. The van der Waals surface area contributed by atoms with Gasteiger partial charge in [0.05, 0.1) is 12.2 Å². The summed E-state index contributed by atoms with van der Waals surface area (Å²) < 4.78 is 16.2. The highest BCUT2D eigenvalue weighted by atomic mass is 32.1. The number of para-hydroxylation sites is 1. The maximum absolute atomic E-state index is 12.5. The number of hydrogen-bond acceptors (Lipinski definition) is 6. The number of carbonyl (C=O) groups excluding carboxylic acids is 2. The SMILES string of the molecule is COCCOc1ccccc1C(=O)NC(=S)NNC(=O)COc1cc(C)ccc1C(C)C. The van der Waals surface area contributed by atoms with Gasteiger partial charge in [-0.25, -0.2) is 0 Å². The number of ether oxygens (including phenoxy) is 3. The van der Waals surface area contributed by atoms with Crippen LogP contribution in [0.25, 0.3) is 0 Å². The number of benzene rings is 2. The molecule has 0 aliphatic carbocycles. The van der Waals surface area contributed by atoms with Crippen LogP contribution in [0.5, 0.6) is 11.5 Å². The Morgan fingerprint density at radius 3 is 2.47 bits per heavy atom. The molecular formula is C23H29N3O5S. The minimum absolute atomic E-state index is 0.0616. The molecule has 0 atom stereocenters. The van der Waals surface area contributed by atoms with Gasteiger partial charge in [0.1, 0.15) is 18.1 Å². The first-order valence-electron chi connectivity index (χ1n) is 10.2. The van der Waals surface area contributed by atoms with Crippen molar-refractivity contribution in [2.75, 3.05) is 26.9 Å². The van der Waals surface area contributed by atoms with Crippen LogP contribution < -0.4 is 25.6 Å². The lowest BCUT2D eigenvalue weighted by molar-refractivity contribution is -0.123. The first-order chi connectivity index (χ1) is 15.3. The Balaban J connectivity index is 1.84. The number of thiocarbonyl (C=S) groups is 1. The molecule has 9 heteroatoms. The molecule has 0 aromatic heterocycles. The van der Waals surface area contributed by atoms with Crippen LogP contribution in [0.3, 0.4) is 0 Å². The maximum atomic E-state index is 12.5. The summed E-state index contributed by atoms with van der Waals surface area (Å²) in [7, 11) is 1.57. The molecule has 0 bridgehead atoms. The molecule has 2 rings (SSSR count). The van der Waals surface area contributed by atoms with Crippen molar-refractivity contribution in [1.29, 1.82) is 0 Å². The Morgan fingerprint density at radius 1 is 1.00 bits per heavy atom. The molecule has 0 fully saturated rings. The van der Waals surface area contributed by atoms with Crippen molar-refractivity contribution in [3.63, 3.8) is 0 Å². The second kappa shape index (κ2) is 12.6. The Morgan fingerprint density at radius 2 is 1.75 bits per heavy atom. The van der Waals surface area contributed by atoms with Gasteiger partial charge >= 0.3 is 0 Å². The van der Waals surface area contributed by atoms with E-state index in [1.165, 1.54) is 0 Å². The number of amides is 2. The normalized spacial score (nSPS) is 10.4. The number of carbonyl (C=O) groups is 2. The number of methoxy groups -OCH3 is 1.